The largest absolute Gasteiger partial charge is 0.272 e. The van der Waals surface area contributed by atoms with E-state index in [1.165, 1.54) is 12.4 Å². The van der Waals surface area contributed by atoms with Crippen LogP contribution in [0, 0.1) is 0 Å². The maximum absolute atomic E-state index is 11.7. The summed E-state index contributed by atoms with van der Waals surface area (Å²) in [6, 6.07) is 11.5. The maximum Gasteiger partial charge on any atom is 0.272 e. The molecule has 1 N–H and O–H groups in total. The fourth-order valence-corrected chi connectivity index (χ4v) is 1.82. The third-order valence-electron chi connectivity index (χ3n) is 2.38. The first-order valence-electron chi connectivity index (χ1n) is 5.91. The molecule has 0 aliphatic carbocycles. The van der Waals surface area contributed by atoms with Crippen molar-refractivity contribution in [3.05, 3.63) is 70.5 Å². The topological polar surface area (TPSA) is 54.4 Å². The number of hydrazone groups is 1. The molecule has 0 bridgehead atoms. The first-order chi connectivity index (χ1) is 9.75. The van der Waals surface area contributed by atoms with Crippen molar-refractivity contribution in [1.29, 1.82) is 0 Å². The van der Waals surface area contributed by atoms with Crippen molar-refractivity contribution in [1.82, 2.24) is 10.4 Å². The van der Waals surface area contributed by atoms with Crippen LogP contribution < -0.4 is 5.43 Å². The van der Waals surface area contributed by atoms with Crippen LogP contribution in [0.15, 0.2) is 64.4 Å². The number of halogens is 1. The number of amides is 1. The predicted octanol–water partition coefficient (Wildman–Crippen LogP) is 3.27. The summed E-state index contributed by atoms with van der Waals surface area (Å²) in [5.41, 5.74) is 3.95. The highest BCUT2D eigenvalue weighted by molar-refractivity contribution is 9.10. The fourth-order valence-electron chi connectivity index (χ4n) is 1.46. The number of nitrogens with one attached hydrogen (secondary N) is 1. The van der Waals surface area contributed by atoms with Crippen LogP contribution in [0.25, 0.3) is 6.08 Å². The fraction of sp³-hybridized carbons (Fsp3) is 0. The number of hydrogen-bond donors (Lipinski definition) is 1. The molecule has 0 unspecified atom stereocenters. The van der Waals surface area contributed by atoms with Crippen LogP contribution in [-0.4, -0.2) is 17.1 Å². The van der Waals surface area contributed by atoms with Gasteiger partial charge in [-0.15, -0.1) is 0 Å². The maximum atomic E-state index is 11.7. The van der Waals surface area contributed by atoms with Gasteiger partial charge in [0, 0.05) is 23.1 Å². The number of aromatic nitrogens is 1. The monoisotopic (exact) mass is 329 g/mol. The Kier molecular flexibility index (Phi) is 5.20. The summed E-state index contributed by atoms with van der Waals surface area (Å²) >= 11 is 3.26. The lowest BCUT2D eigenvalue weighted by Crippen LogP contribution is -2.17. The van der Waals surface area contributed by atoms with Gasteiger partial charge in [0.25, 0.3) is 5.91 Å². The molecule has 2 rings (SSSR count). The molecular formula is C15H12BrN3O. The molecule has 2 aromatic rings. The molecular weight excluding hydrogens is 318 g/mol. The van der Waals surface area contributed by atoms with Crippen LogP contribution >= 0.6 is 15.9 Å². The molecule has 0 saturated heterocycles. The van der Waals surface area contributed by atoms with Gasteiger partial charge in [0.15, 0.2) is 0 Å². The Bertz CT molecular complexity index is 639. The number of carbonyl (C=O) groups is 1. The summed E-state index contributed by atoms with van der Waals surface area (Å²) < 4.78 is 0.748. The lowest BCUT2D eigenvalue weighted by Gasteiger charge is -1.98. The van der Waals surface area contributed by atoms with Gasteiger partial charge in [-0.05, 0) is 33.6 Å². The van der Waals surface area contributed by atoms with E-state index in [1.807, 2.05) is 36.4 Å². The zero-order valence-electron chi connectivity index (χ0n) is 10.5. The minimum atomic E-state index is -0.303. The first-order valence-corrected chi connectivity index (χ1v) is 6.71. The minimum Gasteiger partial charge on any atom is -0.267 e. The van der Waals surface area contributed by atoms with Gasteiger partial charge in [0.2, 0.25) is 0 Å². The molecule has 0 saturated carbocycles. The second-order valence-corrected chi connectivity index (χ2v) is 4.80. The number of pyridine rings is 1. The number of allylic oxidation sites excluding steroid dienone is 1. The molecule has 5 heteroatoms. The molecule has 0 radical (unpaired) electrons. The Labute approximate surface area is 125 Å². The van der Waals surface area contributed by atoms with Crippen LogP contribution in [0.4, 0.5) is 0 Å². The molecule has 1 heterocycles. The van der Waals surface area contributed by atoms with Gasteiger partial charge in [0.05, 0.1) is 5.56 Å². The normalized spacial score (nSPS) is 11.1. The molecule has 1 aromatic carbocycles. The van der Waals surface area contributed by atoms with Crippen LogP contribution in [0.3, 0.4) is 0 Å². The smallest absolute Gasteiger partial charge is 0.267 e. The van der Waals surface area contributed by atoms with Gasteiger partial charge in [-0.1, -0.05) is 36.4 Å². The molecule has 0 atom stereocenters. The Morgan fingerprint density at radius 1 is 1.25 bits per heavy atom. The Balaban J connectivity index is 1.87. The second-order valence-electron chi connectivity index (χ2n) is 3.88. The van der Waals surface area contributed by atoms with Gasteiger partial charge in [-0.3, -0.25) is 9.78 Å². The number of carbonyl (C=O) groups excluding carboxylic acids is 1. The summed E-state index contributed by atoms with van der Waals surface area (Å²) in [5, 5.41) is 3.84. The Hall–Kier alpha value is -2.27. The zero-order chi connectivity index (χ0) is 14.2. The van der Waals surface area contributed by atoms with Crippen molar-refractivity contribution in [3.8, 4) is 0 Å². The summed E-state index contributed by atoms with van der Waals surface area (Å²) in [4.78, 5) is 15.6. The molecule has 0 fully saturated rings. The van der Waals surface area contributed by atoms with Gasteiger partial charge in [0.1, 0.15) is 0 Å². The molecule has 0 aliphatic heterocycles. The lowest BCUT2D eigenvalue weighted by atomic mass is 10.2. The first kappa shape index (κ1) is 14.1. The standard InChI is InChI=1S/C15H12BrN3O/c16-14-9-13(10-17-11-14)15(20)19-18-8-4-7-12-5-2-1-3-6-12/h1-11H,(H,19,20)/b7-4+,18-8-. The predicted molar refractivity (Wildman–Crippen MR) is 83.4 cm³/mol. The summed E-state index contributed by atoms with van der Waals surface area (Å²) in [7, 11) is 0. The van der Waals surface area contributed by atoms with E-state index in [4.69, 9.17) is 0 Å². The molecule has 4 nitrogen and oxygen atoms in total. The van der Waals surface area contributed by atoms with Crippen LogP contribution in [0.2, 0.25) is 0 Å². The zero-order valence-corrected chi connectivity index (χ0v) is 12.1. The van der Waals surface area contributed by atoms with Crippen molar-refractivity contribution in [2.24, 2.45) is 5.10 Å². The van der Waals surface area contributed by atoms with Crippen molar-refractivity contribution >= 4 is 34.1 Å². The lowest BCUT2D eigenvalue weighted by molar-refractivity contribution is 0.0954. The van der Waals surface area contributed by atoms with Crippen molar-refractivity contribution < 1.29 is 4.79 Å². The van der Waals surface area contributed by atoms with E-state index in [-0.39, 0.29) is 5.91 Å². The number of benzene rings is 1. The second kappa shape index (κ2) is 7.35. The van der Waals surface area contributed by atoms with Crippen molar-refractivity contribution in [2.75, 3.05) is 0 Å². The van der Waals surface area contributed by atoms with E-state index in [9.17, 15) is 4.79 Å². The summed E-state index contributed by atoms with van der Waals surface area (Å²) in [6.45, 7) is 0. The molecule has 1 aromatic heterocycles. The van der Waals surface area contributed by atoms with E-state index < -0.39 is 0 Å². The van der Waals surface area contributed by atoms with Crippen molar-refractivity contribution in [3.63, 3.8) is 0 Å². The van der Waals surface area contributed by atoms with E-state index in [0.717, 1.165) is 10.0 Å². The van der Waals surface area contributed by atoms with Gasteiger partial charge >= 0.3 is 0 Å². The number of nitrogens with zero attached hydrogens (tertiary/aromatic N) is 2. The highest BCUT2D eigenvalue weighted by Gasteiger charge is 2.04. The van der Waals surface area contributed by atoms with Crippen LogP contribution in [0.1, 0.15) is 15.9 Å². The van der Waals surface area contributed by atoms with E-state index >= 15 is 0 Å². The Morgan fingerprint density at radius 3 is 2.80 bits per heavy atom. The quantitative estimate of drug-likeness (QED) is 0.691. The summed E-state index contributed by atoms with van der Waals surface area (Å²) in [6.07, 6.45) is 8.28. The average molecular weight is 330 g/mol. The molecule has 1 amide bonds. The van der Waals surface area contributed by atoms with E-state index in [1.54, 1.807) is 18.3 Å². The minimum absolute atomic E-state index is 0.303. The third-order valence-corrected chi connectivity index (χ3v) is 2.82. The highest BCUT2D eigenvalue weighted by Crippen LogP contribution is 2.09. The Morgan fingerprint density at radius 2 is 2.05 bits per heavy atom. The molecule has 0 aliphatic rings. The van der Waals surface area contributed by atoms with E-state index in [2.05, 4.69) is 31.4 Å². The van der Waals surface area contributed by atoms with Crippen molar-refractivity contribution in [2.45, 2.75) is 0 Å². The number of hydrogen-bond acceptors (Lipinski definition) is 3. The molecule has 20 heavy (non-hydrogen) atoms. The third kappa shape index (κ3) is 4.44. The summed E-state index contributed by atoms with van der Waals surface area (Å²) in [5.74, 6) is -0.303. The molecule has 0 spiro atoms. The van der Waals surface area contributed by atoms with Gasteiger partial charge in [-0.2, -0.15) is 5.10 Å². The average Bonchev–Trinajstić information content (AvgIpc) is 2.48. The van der Waals surface area contributed by atoms with E-state index in [0.29, 0.717) is 5.56 Å². The molecule has 100 valence electrons. The number of rotatable bonds is 4. The van der Waals surface area contributed by atoms with Crippen LogP contribution in [-0.2, 0) is 0 Å². The van der Waals surface area contributed by atoms with Crippen LogP contribution in [0.5, 0.6) is 0 Å². The van der Waals surface area contributed by atoms with Gasteiger partial charge < -0.3 is 0 Å². The highest BCUT2D eigenvalue weighted by atomic mass is 79.9. The van der Waals surface area contributed by atoms with Gasteiger partial charge in [-0.25, -0.2) is 5.43 Å². The SMILES string of the molecule is O=C(N/N=C\C=C\c1ccccc1)c1cncc(Br)c1.